The van der Waals surface area contributed by atoms with Gasteiger partial charge in [0.25, 0.3) is 0 Å². The van der Waals surface area contributed by atoms with Crippen molar-refractivity contribution in [1.29, 1.82) is 0 Å². The van der Waals surface area contributed by atoms with E-state index in [2.05, 4.69) is 164 Å². The first-order chi connectivity index (χ1) is 27.1. The van der Waals surface area contributed by atoms with Gasteiger partial charge < -0.3 is 4.90 Å². The standard InChI is InChI=1S/C53H45NS/c1-3-5-11-36(4-2)37-18-21-42(22-19-37)54(44-23-24-47-46-15-7-9-17-51(46)55-52(47)33-44)43-13-10-12-38(31-43)39-20-25-50-48(32-39)45-14-6-8-16-49(45)53(50)40-27-34-26-35(29-40)30-41(53)28-34/h3-25,31-35,40-41H,1,26-30H2,2H3/b11-5-,36-4+. The van der Waals surface area contributed by atoms with E-state index in [0.29, 0.717) is 0 Å². The van der Waals surface area contributed by atoms with Crippen molar-refractivity contribution in [3.05, 3.63) is 181 Å². The van der Waals surface area contributed by atoms with E-state index in [1.165, 1.54) is 85.7 Å². The lowest BCUT2D eigenvalue weighted by molar-refractivity contribution is -0.0399. The minimum atomic E-state index is 0.197. The highest BCUT2D eigenvalue weighted by Gasteiger charge is 2.61. The summed E-state index contributed by atoms with van der Waals surface area (Å²) in [5.41, 5.74) is 14.7. The quantitative estimate of drug-likeness (QED) is 0.148. The number of anilines is 3. The average Bonchev–Trinajstić information content (AvgIpc) is 3.74. The maximum Gasteiger partial charge on any atom is 0.0476 e. The highest BCUT2D eigenvalue weighted by atomic mass is 32.1. The van der Waals surface area contributed by atoms with Crippen molar-refractivity contribution < 1.29 is 0 Å². The molecule has 7 aromatic rings. The number of nitrogens with zero attached hydrogens (tertiary/aromatic N) is 1. The van der Waals surface area contributed by atoms with Gasteiger partial charge in [0.1, 0.15) is 0 Å². The summed E-state index contributed by atoms with van der Waals surface area (Å²) in [6.45, 7) is 5.96. The molecule has 5 aliphatic rings. The summed E-state index contributed by atoms with van der Waals surface area (Å²) in [5, 5.41) is 2.64. The molecule has 0 aliphatic heterocycles. The zero-order chi connectivity index (χ0) is 36.7. The zero-order valence-electron chi connectivity index (χ0n) is 31.4. The number of fused-ring (bicyclic) bond motifs is 6. The van der Waals surface area contributed by atoms with Crippen LogP contribution in [0.5, 0.6) is 0 Å². The first kappa shape index (κ1) is 32.9. The van der Waals surface area contributed by atoms with Crippen LogP contribution in [-0.2, 0) is 5.41 Å². The lowest BCUT2D eigenvalue weighted by Gasteiger charge is -2.61. The van der Waals surface area contributed by atoms with E-state index in [-0.39, 0.29) is 5.41 Å². The molecule has 6 aromatic carbocycles. The van der Waals surface area contributed by atoms with Gasteiger partial charge in [-0.1, -0.05) is 116 Å². The molecule has 1 spiro atoms. The molecular formula is C53H45NS. The van der Waals surface area contributed by atoms with Gasteiger partial charge in [0.05, 0.1) is 0 Å². The van der Waals surface area contributed by atoms with E-state index >= 15 is 0 Å². The summed E-state index contributed by atoms with van der Waals surface area (Å²) < 4.78 is 2.63. The van der Waals surface area contributed by atoms with Crippen LogP contribution >= 0.6 is 11.3 Å². The van der Waals surface area contributed by atoms with E-state index in [0.717, 1.165) is 40.7 Å². The Morgan fingerprint density at radius 2 is 1.31 bits per heavy atom. The van der Waals surface area contributed by atoms with Crippen molar-refractivity contribution in [2.75, 3.05) is 4.90 Å². The van der Waals surface area contributed by atoms with Gasteiger partial charge in [0.2, 0.25) is 0 Å². The van der Waals surface area contributed by atoms with Crippen LogP contribution in [0.1, 0.15) is 55.7 Å². The predicted octanol–water partition coefficient (Wildman–Crippen LogP) is 15.1. The summed E-state index contributed by atoms with van der Waals surface area (Å²) >= 11 is 1.87. The second-order valence-electron chi connectivity index (χ2n) is 16.5. The Hall–Kier alpha value is -5.44. The number of hydrogen-bond donors (Lipinski definition) is 0. The van der Waals surface area contributed by atoms with Gasteiger partial charge >= 0.3 is 0 Å². The van der Waals surface area contributed by atoms with Gasteiger partial charge in [-0.05, 0) is 156 Å². The van der Waals surface area contributed by atoms with E-state index < -0.39 is 0 Å². The third-order valence-corrected chi connectivity index (χ3v) is 14.9. The van der Waals surface area contributed by atoms with Crippen LogP contribution in [0.4, 0.5) is 17.1 Å². The van der Waals surface area contributed by atoms with Crippen LogP contribution in [0.25, 0.3) is 48.0 Å². The second kappa shape index (κ2) is 12.8. The first-order valence-corrected chi connectivity index (χ1v) is 21.1. The van der Waals surface area contributed by atoms with Crippen LogP contribution in [-0.4, -0.2) is 0 Å². The summed E-state index contributed by atoms with van der Waals surface area (Å²) in [6.07, 6.45) is 15.2. The summed E-state index contributed by atoms with van der Waals surface area (Å²) in [7, 11) is 0. The SMILES string of the molecule is C=C/C=C\C(=C/C)c1ccc(N(c2cccc(-c3ccc4c(c3)-c3ccccc3C43C4CC5CC(C4)CC3C5)c2)c2ccc3c(c2)sc2ccccc23)cc1. The van der Waals surface area contributed by atoms with Crippen molar-refractivity contribution in [3.8, 4) is 22.3 Å². The van der Waals surface area contributed by atoms with Crippen LogP contribution in [0.3, 0.4) is 0 Å². The lowest BCUT2D eigenvalue weighted by atomic mass is 9.43. The Morgan fingerprint density at radius 3 is 2.11 bits per heavy atom. The van der Waals surface area contributed by atoms with Crippen molar-refractivity contribution in [2.24, 2.45) is 23.7 Å². The third-order valence-electron chi connectivity index (χ3n) is 13.8. The molecule has 0 radical (unpaired) electrons. The summed E-state index contributed by atoms with van der Waals surface area (Å²) in [4.78, 5) is 2.43. The predicted molar refractivity (Wildman–Crippen MR) is 236 cm³/mol. The molecule has 1 aromatic heterocycles. The Morgan fingerprint density at radius 1 is 0.618 bits per heavy atom. The highest BCUT2D eigenvalue weighted by molar-refractivity contribution is 7.25. The van der Waals surface area contributed by atoms with E-state index in [9.17, 15) is 0 Å². The molecule has 0 atom stereocenters. The second-order valence-corrected chi connectivity index (χ2v) is 17.6. The monoisotopic (exact) mass is 727 g/mol. The van der Waals surface area contributed by atoms with Gasteiger partial charge in [0.15, 0.2) is 0 Å². The number of allylic oxidation sites excluding steroid dienone is 5. The van der Waals surface area contributed by atoms with E-state index in [1.54, 1.807) is 11.1 Å². The normalized spacial score (nSPS) is 23.5. The minimum Gasteiger partial charge on any atom is -0.310 e. The summed E-state index contributed by atoms with van der Waals surface area (Å²) in [6, 6.07) is 50.9. The van der Waals surface area contributed by atoms with Crippen LogP contribution in [0.2, 0.25) is 0 Å². The molecule has 4 bridgehead atoms. The van der Waals surface area contributed by atoms with Crippen molar-refractivity contribution in [3.63, 3.8) is 0 Å². The number of rotatable bonds is 7. The van der Waals surface area contributed by atoms with Crippen LogP contribution in [0, 0.1) is 23.7 Å². The Bertz CT molecular complexity index is 2680. The molecule has 1 heterocycles. The fourth-order valence-corrected chi connectivity index (χ4v) is 12.9. The fourth-order valence-electron chi connectivity index (χ4n) is 11.8. The summed E-state index contributed by atoms with van der Waals surface area (Å²) in [5.74, 6) is 3.45. The van der Waals surface area contributed by atoms with Crippen LogP contribution in [0.15, 0.2) is 164 Å². The molecule has 1 nitrogen and oxygen atoms in total. The molecule has 12 rings (SSSR count). The average molecular weight is 728 g/mol. The van der Waals surface area contributed by atoms with Crippen molar-refractivity contribution in [2.45, 2.75) is 44.4 Å². The van der Waals surface area contributed by atoms with Gasteiger partial charge in [-0.3, -0.25) is 0 Å². The Kier molecular flexibility index (Phi) is 7.68. The number of benzene rings is 6. The van der Waals surface area contributed by atoms with E-state index in [1.807, 2.05) is 23.5 Å². The number of thiophene rings is 1. The first-order valence-electron chi connectivity index (χ1n) is 20.2. The molecule has 55 heavy (non-hydrogen) atoms. The molecule has 4 fully saturated rings. The molecule has 0 unspecified atom stereocenters. The minimum absolute atomic E-state index is 0.197. The van der Waals surface area contributed by atoms with Crippen LogP contribution < -0.4 is 4.90 Å². The molecule has 2 heteroatoms. The van der Waals surface area contributed by atoms with Crippen molar-refractivity contribution in [1.82, 2.24) is 0 Å². The molecule has 0 saturated heterocycles. The molecule has 5 aliphatic carbocycles. The topological polar surface area (TPSA) is 3.24 Å². The largest absolute Gasteiger partial charge is 0.310 e. The molecule has 0 N–H and O–H groups in total. The van der Waals surface area contributed by atoms with Crippen molar-refractivity contribution >= 4 is 54.1 Å². The van der Waals surface area contributed by atoms with Gasteiger partial charge in [-0.25, -0.2) is 0 Å². The smallest absolute Gasteiger partial charge is 0.0476 e. The molecule has 0 amide bonds. The highest BCUT2D eigenvalue weighted by Crippen LogP contribution is 2.69. The Balaban J connectivity index is 1.03. The van der Waals surface area contributed by atoms with Gasteiger partial charge in [-0.2, -0.15) is 0 Å². The lowest BCUT2D eigenvalue weighted by Crippen LogP contribution is -2.55. The molecule has 268 valence electrons. The van der Waals surface area contributed by atoms with Gasteiger partial charge in [0, 0.05) is 42.6 Å². The zero-order valence-corrected chi connectivity index (χ0v) is 32.2. The third kappa shape index (κ3) is 5.04. The molecule has 4 saturated carbocycles. The van der Waals surface area contributed by atoms with E-state index in [4.69, 9.17) is 0 Å². The van der Waals surface area contributed by atoms with Gasteiger partial charge in [-0.15, -0.1) is 11.3 Å². The maximum absolute atomic E-state index is 3.87. The maximum atomic E-state index is 3.87. The number of hydrogen-bond acceptors (Lipinski definition) is 2. The Labute approximate surface area is 329 Å². The fraction of sp³-hybridized carbons (Fsp3) is 0.208. The molecular weight excluding hydrogens is 683 g/mol.